The number of nitrogens with zero attached hydrogens (tertiary/aromatic N) is 1. The fourth-order valence-corrected chi connectivity index (χ4v) is 0.507. The lowest BCUT2D eigenvalue weighted by atomic mass is 10.2. The summed E-state index contributed by atoms with van der Waals surface area (Å²) in [7, 11) is 0. The first-order chi connectivity index (χ1) is 4.22. The van der Waals surface area contributed by atoms with Crippen LogP contribution in [-0.4, -0.2) is 17.0 Å². The molecule has 0 aromatic rings. The summed E-state index contributed by atoms with van der Waals surface area (Å²) in [6, 6.07) is 0. The van der Waals surface area contributed by atoms with Crippen LogP contribution >= 0.6 is 0 Å². The Labute approximate surface area is 54.5 Å². The summed E-state index contributed by atoms with van der Waals surface area (Å²) >= 11 is 0. The minimum Gasteiger partial charge on any atom is -0.385 e. The van der Waals surface area contributed by atoms with Crippen LogP contribution in [0.25, 0.3) is 0 Å². The molecule has 0 aliphatic carbocycles. The van der Waals surface area contributed by atoms with Crippen molar-refractivity contribution in [2.45, 2.75) is 25.9 Å². The van der Waals surface area contributed by atoms with Crippen LogP contribution in [0.4, 0.5) is 0 Å². The van der Waals surface area contributed by atoms with Gasteiger partial charge in [-0.3, -0.25) is 0 Å². The highest BCUT2D eigenvalue weighted by molar-refractivity contribution is 5.84. The summed E-state index contributed by atoms with van der Waals surface area (Å²) in [6.07, 6.45) is 0.823. The van der Waals surface area contributed by atoms with Gasteiger partial charge in [0.15, 0.2) is 0 Å². The maximum atomic E-state index is 8.98. The van der Waals surface area contributed by atoms with E-state index in [0.717, 1.165) is 6.42 Å². The van der Waals surface area contributed by atoms with Gasteiger partial charge in [-0.15, -0.1) is 0 Å². The number of aliphatic hydroxyl groups excluding tert-OH is 1. The zero-order valence-electron chi connectivity index (χ0n) is 5.54. The summed E-state index contributed by atoms with van der Waals surface area (Å²) in [6.45, 7) is 1.95. The van der Waals surface area contributed by atoms with Crippen molar-refractivity contribution in [1.29, 1.82) is 0 Å². The predicted octanol–water partition coefficient (Wildman–Crippen LogP) is -0.622. The van der Waals surface area contributed by atoms with E-state index in [2.05, 4.69) is 5.10 Å². The molecule has 0 rings (SSSR count). The number of amidine groups is 1. The van der Waals surface area contributed by atoms with E-state index in [1.165, 1.54) is 0 Å². The molecule has 5 N–H and O–H groups in total. The third-order valence-electron chi connectivity index (χ3n) is 1.05. The van der Waals surface area contributed by atoms with E-state index in [0.29, 0.717) is 6.42 Å². The van der Waals surface area contributed by atoms with E-state index in [-0.39, 0.29) is 5.84 Å². The van der Waals surface area contributed by atoms with Crippen molar-refractivity contribution >= 4 is 5.84 Å². The van der Waals surface area contributed by atoms with Gasteiger partial charge in [-0.25, -0.2) is 0 Å². The highest BCUT2D eigenvalue weighted by Crippen LogP contribution is 1.94. The zero-order valence-corrected chi connectivity index (χ0v) is 5.54. The molecule has 0 fully saturated rings. The van der Waals surface area contributed by atoms with Crippen LogP contribution in [0.15, 0.2) is 5.10 Å². The Morgan fingerprint density at radius 3 is 2.67 bits per heavy atom. The van der Waals surface area contributed by atoms with Crippen LogP contribution in [0.2, 0.25) is 0 Å². The number of hydrazone groups is 1. The number of aliphatic hydroxyl groups is 1. The smallest absolute Gasteiger partial charge is 0.148 e. The van der Waals surface area contributed by atoms with Crippen LogP contribution in [0.1, 0.15) is 19.8 Å². The van der Waals surface area contributed by atoms with Gasteiger partial charge in [0.05, 0.1) is 0 Å². The number of nitrogens with two attached hydrogens (primary N) is 2. The van der Waals surface area contributed by atoms with E-state index in [1.54, 1.807) is 0 Å². The quantitative estimate of drug-likeness (QED) is 0.206. The van der Waals surface area contributed by atoms with E-state index < -0.39 is 6.10 Å². The molecule has 0 amide bonds. The maximum absolute atomic E-state index is 8.98. The van der Waals surface area contributed by atoms with Crippen LogP contribution in [0.3, 0.4) is 0 Å². The molecular formula is C5H13N3O. The van der Waals surface area contributed by atoms with Crippen LogP contribution in [0.5, 0.6) is 0 Å². The minimum absolute atomic E-state index is 0.108. The van der Waals surface area contributed by atoms with Crippen LogP contribution in [-0.2, 0) is 0 Å². The van der Waals surface area contributed by atoms with Gasteiger partial charge in [-0.2, -0.15) is 5.10 Å². The molecule has 0 heterocycles. The Balaban J connectivity index is 3.59. The third kappa shape index (κ3) is 2.92. The largest absolute Gasteiger partial charge is 0.385 e. The van der Waals surface area contributed by atoms with Gasteiger partial charge in [0.1, 0.15) is 11.9 Å². The molecular weight excluding hydrogens is 118 g/mol. The topological polar surface area (TPSA) is 84.6 Å². The lowest BCUT2D eigenvalue weighted by Gasteiger charge is -2.05. The molecule has 0 saturated heterocycles. The maximum Gasteiger partial charge on any atom is 0.148 e. The summed E-state index contributed by atoms with van der Waals surface area (Å²) in [5.74, 6) is 4.91. The molecule has 4 nitrogen and oxygen atoms in total. The molecule has 0 spiro atoms. The molecule has 0 radical (unpaired) electrons. The Morgan fingerprint density at radius 2 is 2.33 bits per heavy atom. The van der Waals surface area contributed by atoms with Crippen molar-refractivity contribution in [1.82, 2.24) is 0 Å². The third-order valence-corrected chi connectivity index (χ3v) is 1.05. The van der Waals surface area contributed by atoms with E-state index >= 15 is 0 Å². The lowest BCUT2D eigenvalue weighted by molar-refractivity contribution is 0.228. The van der Waals surface area contributed by atoms with Crippen LogP contribution in [0, 0.1) is 0 Å². The fraction of sp³-hybridized carbons (Fsp3) is 0.800. The van der Waals surface area contributed by atoms with Crippen molar-refractivity contribution in [3.05, 3.63) is 0 Å². The van der Waals surface area contributed by atoms with Gasteiger partial charge in [0.25, 0.3) is 0 Å². The molecule has 0 aliphatic rings. The van der Waals surface area contributed by atoms with Crippen LogP contribution < -0.4 is 11.6 Å². The molecule has 0 bridgehead atoms. The molecule has 0 aromatic carbocycles. The van der Waals surface area contributed by atoms with E-state index in [4.69, 9.17) is 16.7 Å². The van der Waals surface area contributed by atoms with Gasteiger partial charge in [-0.05, 0) is 6.42 Å². The zero-order chi connectivity index (χ0) is 7.28. The lowest BCUT2D eigenvalue weighted by Crippen LogP contribution is -2.29. The summed E-state index contributed by atoms with van der Waals surface area (Å²) in [5, 5.41) is 12.1. The van der Waals surface area contributed by atoms with Gasteiger partial charge in [0, 0.05) is 0 Å². The van der Waals surface area contributed by atoms with Crippen molar-refractivity contribution in [2.75, 3.05) is 0 Å². The number of hydrogen-bond donors (Lipinski definition) is 3. The Bertz CT molecular complexity index is 102. The highest BCUT2D eigenvalue weighted by atomic mass is 16.3. The Hall–Kier alpha value is -0.770. The first kappa shape index (κ1) is 8.23. The standard InChI is InChI=1S/C5H13N3O/c1-2-3-4(9)5(6)8-7/h4,9H,2-3,7H2,1H3,(H2,6,8). The van der Waals surface area contributed by atoms with E-state index in [1.807, 2.05) is 6.92 Å². The Morgan fingerprint density at radius 1 is 1.78 bits per heavy atom. The van der Waals surface area contributed by atoms with E-state index in [9.17, 15) is 0 Å². The van der Waals surface area contributed by atoms with Crippen molar-refractivity contribution < 1.29 is 5.11 Å². The molecule has 1 unspecified atom stereocenters. The summed E-state index contributed by atoms with van der Waals surface area (Å²) < 4.78 is 0. The first-order valence-electron chi connectivity index (χ1n) is 2.93. The average molecular weight is 131 g/mol. The molecule has 1 atom stereocenters. The highest BCUT2D eigenvalue weighted by Gasteiger charge is 2.05. The first-order valence-corrected chi connectivity index (χ1v) is 2.93. The van der Waals surface area contributed by atoms with Gasteiger partial charge < -0.3 is 16.7 Å². The number of rotatable bonds is 3. The summed E-state index contributed by atoms with van der Waals surface area (Å²) in [5.41, 5.74) is 5.18. The molecule has 9 heavy (non-hydrogen) atoms. The molecule has 4 heteroatoms. The summed E-state index contributed by atoms with van der Waals surface area (Å²) in [4.78, 5) is 0. The van der Waals surface area contributed by atoms with Crippen molar-refractivity contribution in [3.8, 4) is 0 Å². The van der Waals surface area contributed by atoms with Gasteiger partial charge in [0.2, 0.25) is 0 Å². The normalized spacial score (nSPS) is 15.6. The molecule has 54 valence electrons. The molecule has 0 aromatic heterocycles. The number of hydrogen-bond acceptors (Lipinski definition) is 3. The predicted molar refractivity (Wildman–Crippen MR) is 36.7 cm³/mol. The fourth-order valence-electron chi connectivity index (χ4n) is 0.507. The van der Waals surface area contributed by atoms with Gasteiger partial charge in [-0.1, -0.05) is 13.3 Å². The van der Waals surface area contributed by atoms with Crippen molar-refractivity contribution in [2.24, 2.45) is 16.7 Å². The second-order valence-corrected chi connectivity index (χ2v) is 1.86. The van der Waals surface area contributed by atoms with Gasteiger partial charge >= 0.3 is 0 Å². The average Bonchev–Trinajstić information content (AvgIpc) is 1.87. The molecule has 0 saturated carbocycles. The van der Waals surface area contributed by atoms with Crippen molar-refractivity contribution in [3.63, 3.8) is 0 Å². The minimum atomic E-state index is -0.667. The second-order valence-electron chi connectivity index (χ2n) is 1.86. The monoisotopic (exact) mass is 131 g/mol. The molecule has 0 aliphatic heterocycles. The Kier molecular flexibility index (Phi) is 3.79. The second kappa shape index (κ2) is 4.14. The SMILES string of the molecule is CCCC(O)/C(N)=N/N.